The Morgan fingerprint density at radius 1 is 1.16 bits per heavy atom. The van der Waals surface area contributed by atoms with Gasteiger partial charge < -0.3 is 5.32 Å². The molecule has 2 unspecified atom stereocenters. The summed E-state index contributed by atoms with van der Waals surface area (Å²) < 4.78 is 22.7. The molecule has 2 rings (SSSR count). The molecule has 1 aliphatic rings. The van der Waals surface area contributed by atoms with Gasteiger partial charge in [-0.1, -0.05) is 26.2 Å². The first-order chi connectivity index (χ1) is 8.97. The molecule has 1 N–H and O–H groups in total. The zero-order chi connectivity index (χ0) is 13.9. The molecule has 0 heterocycles. The van der Waals surface area contributed by atoms with Gasteiger partial charge in [0.25, 0.3) is 0 Å². The maximum absolute atomic E-state index is 11.4. The predicted molar refractivity (Wildman–Crippen MR) is 79.2 cm³/mol. The molecular weight excluding hydrogens is 258 g/mol. The van der Waals surface area contributed by atoms with Crippen LogP contribution >= 0.6 is 0 Å². The molecule has 0 radical (unpaired) electrons. The monoisotopic (exact) mass is 281 g/mol. The van der Waals surface area contributed by atoms with E-state index in [2.05, 4.69) is 12.2 Å². The summed E-state index contributed by atoms with van der Waals surface area (Å²) in [5, 5.41) is 3.43. The Bertz CT molecular complexity index is 507. The van der Waals surface area contributed by atoms with E-state index in [0.29, 0.717) is 4.90 Å². The van der Waals surface area contributed by atoms with Crippen molar-refractivity contribution in [1.29, 1.82) is 0 Å². The third kappa shape index (κ3) is 3.96. The van der Waals surface area contributed by atoms with Gasteiger partial charge in [-0.2, -0.15) is 0 Å². The first-order valence-corrected chi connectivity index (χ1v) is 8.90. The second-order valence-corrected chi connectivity index (χ2v) is 7.71. The quantitative estimate of drug-likeness (QED) is 0.921. The molecular formula is C15H23NO2S. The molecule has 1 aromatic carbocycles. The van der Waals surface area contributed by atoms with Crippen molar-refractivity contribution in [3.63, 3.8) is 0 Å². The molecule has 1 fully saturated rings. The number of hydrogen-bond donors (Lipinski definition) is 1. The summed E-state index contributed by atoms with van der Waals surface area (Å²) in [4.78, 5) is 0.379. The lowest BCUT2D eigenvalue weighted by Crippen LogP contribution is -2.24. The Kier molecular flexibility index (Phi) is 4.50. The lowest BCUT2D eigenvalue weighted by atomic mass is 9.80. The van der Waals surface area contributed by atoms with E-state index >= 15 is 0 Å². The molecule has 0 saturated heterocycles. The number of rotatable bonds is 4. The van der Waals surface area contributed by atoms with Gasteiger partial charge in [0.1, 0.15) is 0 Å². The lowest BCUT2D eigenvalue weighted by molar-refractivity contribution is 0.268. The summed E-state index contributed by atoms with van der Waals surface area (Å²) in [6.45, 7) is 3.32. The molecule has 1 aromatic rings. The van der Waals surface area contributed by atoms with Gasteiger partial charge in [0, 0.05) is 18.5 Å². The van der Waals surface area contributed by atoms with Gasteiger partial charge in [0.2, 0.25) is 0 Å². The van der Waals surface area contributed by atoms with Gasteiger partial charge in [0.05, 0.1) is 4.90 Å². The standard InChI is InChI=1S/C15H23NO2S/c1-12-5-3-4-6-13(12)11-16-14-7-9-15(10-8-14)19(2,17)18/h7-10,12-13,16H,3-6,11H2,1-2H3. The second kappa shape index (κ2) is 5.95. The summed E-state index contributed by atoms with van der Waals surface area (Å²) >= 11 is 0. The van der Waals surface area contributed by atoms with Gasteiger partial charge >= 0.3 is 0 Å². The van der Waals surface area contributed by atoms with E-state index in [1.165, 1.54) is 31.9 Å². The van der Waals surface area contributed by atoms with E-state index < -0.39 is 9.84 Å². The smallest absolute Gasteiger partial charge is 0.175 e. The molecule has 19 heavy (non-hydrogen) atoms. The fourth-order valence-electron chi connectivity index (χ4n) is 2.77. The zero-order valence-corrected chi connectivity index (χ0v) is 12.5. The Morgan fingerprint density at radius 3 is 2.37 bits per heavy atom. The van der Waals surface area contributed by atoms with Crippen molar-refractivity contribution in [3.05, 3.63) is 24.3 Å². The van der Waals surface area contributed by atoms with Crippen LogP contribution in [0.4, 0.5) is 5.69 Å². The van der Waals surface area contributed by atoms with Gasteiger partial charge in [0.15, 0.2) is 9.84 Å². The van der Waals surface area contributed by atoms with Crippen LogP contribution in [0.5, 0.6) is 0 Å². The van der Waals surface area contributed by atoms with Crippen molar-refractivity contribution < 1.29 is 8.42 Å². The van der Waals surface area contributed by atoms with Crippen molar-refractivity contribution in [1.82, 2.24) is 0 Å². The van der Waals surface area contributed by atoms with E-state index in [4.69, 9.17) is 0 Å². The fraction of sp³-hybridized carbons (Fsp3) is 0.600. The molecule has 4 heteroatoms. The van der Waals surface area contributed by atoms with E-state index in [0.717, 1.165) is 24.1 Å². The first-order valence-electron chi connectivity index (χ1n) is 7.01. The van der Waals surface area contributed by atoms with Crippen LogP contribution in [0.2, 0.25) is 0 Å². The van der Waals surface area contributed by atoms with Crippen LogP contribution in [-0.4, -0.2) is 21.2 Å². The highest BCUT2D eigenvalue weighted by Gasteiger charge is 2.20. The van der Waals surface area contributed by atoms with Crippen LogP contribution in [-0.2, 0) is 9.84 Å². The number of anilines is 1. The molecule has 2 atom stereocenters. The summed E-state index contributed by atoms with van der Waals surface area (Å²) in [7, 11) is -3.09. The van der Waals surface area contributed by atoms with Crippen LogP contribution < -0.4 is 5.32 Å². The fourth-order valence-corrected chi connectivity index (χ4v) is 3.40. The van der Waals surface area contributed by atoms with Crippen LogP contribution in [0, 0.1) is 11.8 Å². The number of hydrogen-bond acceptors (Lipinski definition) is 3. The van der Waals surface area contributed by atoms with Gasteiger partial charge in [-0.25, -0.2) is 8.42 Å². The number of sulfone groups is 1. The van der Waals surface area contributed by atoms with Crippen LogP contribution in [0.1, 0.15) is 32.6 Å². The summed E-state index contributed by atoms with van der Waals surface area (Å²) in [5.41, 5.74) is 1.00. The van der Waals surface area contributed by atoms with Crippen LogP contribution in [0.15, 0.2) is 29.2 Å². The van der Waals surface area contributed by atoms with Gasteiger partial charge in [-0.05, 0) is 42.5 Å². The minimum Gasteiger partial charge on any atom is -0.385 e. The van der Waals surface area contributed by atoms with Crippen molar-refractivity contribution in [3.8, 4) is 0 Å². The molecule has 1 aliphatic carbocycles. The lowest BCUT2D eigenvalue weighted by Gasteiger charge is -2.29. The molecule has 1 saturated carbocycles. The Morgan fingerprint density at radius 2 is 1.79 bits per heavy atom. The van der Waals surface area contributed by atoms with Gasteiger partial charge in [-0.3, -0.25) is 0 Å². The first kappa shape index (κ1) is 14.4. The normalized spacial score (nSPS) is 24.1. The Balaban J connectivity index is 1.93. The topological polar surface area (TPSA) is 46.2 Å². The Hall–Kier alpha value is -1.03. The third-order valence-electron chi connectivity index (χ3n) is 4.14. The molecule has 0 aromatic heterocycles. The highest BCUT2D eigenvalue weighted by atomic mass is 32.2. The predicted octanol–water partition coefficient (Wildman–Crippen LogP) is 3.33. The summed E-state index contributed by atoms with van der Waals surface area (Å²) in [6.07, 6.45) is 6.57. The summed E-state index contributed by atoms with van der Waals surface area (Å²) in [6, 6.07) is 7.04. The van der Waals surface area contributed by atoms with Crippen molar-refractivity contribution in [2.45, 2.75) is 37.5 Å². The highest BCUT2D eigenvalue weighted by molar-refractivity contribution is 7.90. The highest BCUT2D eigenvalue weighted by Crippen LogP contribution is 2.29. The number of nitrogens with one attached hydrogen (secondary N) is 1. The maximum Gasteiger partial charge on any atom is 0.175 e. The second-order valence-electron chi connectivity index (χ2n) is 5.70. The molecule has 0 amide bonds. The molecule has 3 nitrogen and oxygen atoms in total. The maximum atomic E-state index is 11.4. The minimum atomic E-state index is -3.09. The molecule has 106 valence electrons. The van der Waals surface area contributed by atoms with E-state index in [1.54, 1.807) is 12.1 Å². The summed E-state index contributed by atoms with van der Waals surface area (Å²) in [5.74, 6) is 1.53. The molecule has 0 spiro atoms. The van der Waals surface area contributed by atoms with Crippen LogP contribution in [0.25, 0.3) is 0 Å². The molecule has 0 bridgehead atoms. The van der Waals surface area contributed by atoms with Crippen molar-refractivity contribution in [2.24, 2.45) is 11.8 Å². The van der Waals surface area contributed by atoms with E-state index in [9.17, 15) is 8.42 Å². The Labute approximate surface area is 116 Å². The number of benzene rings is 1. The zero-order valence-electron chi connectivity index (χ0n) is 11.7. The third-order valence-corrected chi connectivity index (χ3v) is 5.27. The molecule has 0 aliphatic heterocycles. The van der Waals surface area contributed by atoms with Crippen molar-refractivity contribution >= 4 is 15.5 Å². The van der Waals surface area contributed by atoms with E-state index in [-0.39, 0.29) is 0 Å². The minimum absolute atomic E-state index is 0.379. The van der Waals surface area contributed by atoms with E-state index in [1.807, 2.05) is 12.1 Å². The average Bonchev–Trinajstić information content (AvgIpc) is 2.37. The average molecular weight is 281 g/mol. The van der Waals surface area contributed by atoms with Crippen molar-refractivity contribution in [2.75, 3.05) is 18.1 Å². The van der Waals surface area contributed by atoms with Crippen LogP contribution in [0.3, 0.4) is 0 Å². The van der Waals surface area contributed by atoms with Gasteiger partial charge in [-0.15, -0.1) is 0 Å². The SMILES string of the molecule is CC1CCCCC1CNc1ccc(S(C)(=O)=O)cc1. The largest absolute Gasteiger partial charge is 0.385 e.